The first kappa shape index (κ1) is 11.0. The summed E-state index contributed by atoms with van der Waals surface area (Å²) in [6.07, 6.45) is 7.23. The lowest BCUT2D eigenvalue weighted by Crippen LogP contribution is -2.54. The molecule has 0 aromatic heterocycles. The summed E-state index contributed by atoms with van der Waals surface area (Å²) in [6.45, 7) is 8.70. The molecule has 0 aromatic rings. The third-order valence-corrected chi connectivity index (χ3v) is 4.89. The standard InChI is InChI=1S/C14H26N2/c1-14(2)6-5-12(9-14)16-8-7-15-13(10-16)11-3-4-11/h11-13,15H,3-10H2,1-2H3. The van der Waals surface area contributed by atoms with E-state index in [1.807, 2.05) is 0 Å². The van der Waals surface area contributed by atoms with Crippen molar-refractivity contribution in [2.24, 2.45) is 11.3 Å². The Bertz CT molecular complexity index is 257. The van der Waals surface area contributed by atoms with Gasteiger partial charge >= 0.3 is 0 Å². The van der Waals surface area contributed by atoms with Gasteiger partial charge in [0.2, 0.25) is 0 Å². The predicted molar refractivity (Wildman–Crippen MR) is 67.5 cm³/mol. The second-order valence-electron chi connectivity index (χ2n) is 6.95. The number of hydrogen-bond acceptors (Lipinski definition) is 2. The Labute approximate surface area is 99.8 Å². The molecule has 2 nitrogen and oxygen atoms in total. The summed E-state index contributed by atoms with van der Waals surface area (Å²) in [4.78, 5) is 2.79. The lowest BCUT2D eigenvalue weighted by atomic mass is 9.91. The summed E-state index contributed by atoms with van der Waals surface area (Å²) in [5, 5.41) is 3.71. The molecular weight excluding hydrogens is 196 g/mol. The Balaban J connectivity index is 1.58. The van der Waals surface area contributed by atoms with Crippen LogP contribution in [0.3, 0.4) is 0 Å². The Morgan fingerprint density at radius 2 is 2.00 bits per heavy atom. The third kappa shape index (κ3) is 2.28. The second kappa shape index (κ2) is 3.99. The minimum absolute atomic E-state index is 0.602. The maximum absolute atomic E-state index is 3.71. The van der Waals surface area contributed by atoms with Crippen molar-refractivity contribution in [2.45, 2.75) is 58.0 Å². The normalized spacial score (nSPS) is 40.1. The Morgan fingerprint density at radius 1 is 1.19 bits per heavy atom. The van der Waals surface area contributed by atoms with E-state index in [1.54, 1.807) is 0 Å². The molecule has 1 heterocycles. The van der Waals surface area contributed by atoms with E-state index in [1.165, 1.54) is 51.7 Å². The van der Waals surface area contributed by atoms with Gasteiger partial charge in [-0.05, 0) is 43.4 Å². The van der Waals surface area contributed by atoms with Crippen LogP contribution in [-0.4, -0.2) is 36.6 Å². The molecule has 2 atom stereocenters. The Morgan fingerprint density at radius 3 is 2.62 bits per heavy atom. The van der Waals surface area contributed by atoms with E-state index >= 15 is 0 Å². The molecule has 0 aromatic carbocycles. The van der Waals surface area contributed by atoms with Crippen molar-refractivity contribution in [1.82, 2.24) is 10.2 Å². The van der Waals surface area contributed by atoms with Crippen molar-refractivity contribution in [3.63, 3.8) is 0 Å². The van der Waals surface area contributed by atoms with Crippen LogP contribution in [0.1, 0.15) is 46.0 Å². The van der Waals surface area contributed by atoms with Crippen molar-refractivity contribution in [1.29, 1.82) is 0 Å². The third-order valence-electron chi connectivity index (χ3n) is 4.89. The highest BCUT2D eigenvalue weighted by Crippen LogP contribution is 2.40. The highest BCUT2D eigenvalue weighted by atomic mass is 15.2. The molecule has 2 unspecified atom stereocenters. The minimum Gasteiger partial charge on any atom is -0.311 e. The van der Waals surface area contributed by atoms with Crippen molar-refractivity contribution in [3.8, 4) is 0 Å². The van der Waals surface area contributed by atoms with Crippen LogP contribution in [0.4, 0.5) is 0 Å². The molecule has 92 valence electrons. The first-order valence-corrected chi connectivity index (χ1v) is 7.11. The fraction of sp³-hybridized carbons (Fsp3) is 1.00. The fourth-order valence-corrected chi connectivity index (χ4v) is 3.66. The number of nitrogens with one attached hydrogen (secondary N) is 1. The number of nitrogens with zero attached hydrogens (tertiary/aromatic N) is 1. The Kier molecular flexibility index (Phi) is 2.75. The lowest BCUT2D eigenvalue weighted by Gasteiger charge is -2.38. The topological polar surface area (TPSA) is 15.3 Å². The zero-order valence-electron chi connectivity index (χ0n) is 10.8. The molecule has 0 spiro atoms. The molecule has 2 saturated carbocycles. The number of rotatable bonds is 2. The predicted octanol–water partition coefficient (Wildman–Crippen LogP) is 2.25. The van der Waals surface area contributed by atoms with Gasteiger partial charge in [0.05, 0.1) is 0 Å². The lowest BCUT2D eigenvalue weighted by molar-refractivity contribution is 0.130. The number of piperazine rings is 1. The summed E-state index contributed by atoms with van der Waals surface area (Å²) < 4.78 is 0. The molecular formula is C14H26N2. The average Bonchev–Trinajstić information content (AvgIpc) is 3.04. The van der Waals surface area contributed by atoms with Gasteiger partial charge in [0, 0.05) is 31.7 Å². The molecule has 2 aliphatic carbocycles. The zero-order chi connectivity index (χ0) is 11.2. The molecule has 0 amide bonds. The average molecular weight is 222 g/mol. The van der Waals surface area contributed by atoms with Gasteiger partial charge in [-0.15, -0.1) is 0 Å². The molecule has 1 N–H and O–H groups in total. The van der Waals surface area contributed by atoms with Crippen molar-refractivity contribution in [3.05, 3.63) is 0 Å². The Hall–Kier alpha value is -0.0800. The van der Waals surface area contributed by atoms with E-state index in [9.17, 15) is 0 Å². The first-order chi connectivity index (χ1) is 7.64. The molecule has 0 bridgehead atoms. The van der Waals surface area contributed by atoms with Gasteiger partial charge in [-0.1, -0.05) is 13.8 Å². The van der Waals surface area contributed by atoms with E-state index in [4.69, 9.17) is 0 Å². The second-order valence-corrected chi connectivity index (χ2v) is 6.95. The summed E-state index contributed by atoms with van der Waals surface area (Å²) in [6, 6.07) is 1.70. The monoisotopic (exact) mass is 222 g/mol. The van der Waals surface area contributed by atoms with E-state index < -0.39 is 0 Å². The van der Waals surface area contributed by atoms with Gasteiger partial charge in [0.15, 0.2) is 0 Å². The summed E-state index contributed by atoms with van der Waals surface area (Å²) in [5.41, 5.74) is 0.602. The molecule has 3 aliphatic rings. The van der Waals surface area contributed by atoms with E-state index in [-0.39, 0.29) is 0 Å². The maximum atomic E-state index is 3.71. The highest BCUT2D eigenvalue weighted by molar-refractivity contribution is 4.95. The molecule has 3 fully saturated rings. The van der Waals surface area contributed by atoms with Gasteiger partial charge in [-0.25, -0.2) is 0 Å². The summed E-state index contributed by atoms with van der Waals surface area (Å²) in [5.74, 6) is 1.01. The highest BCUT2D eigenvalue weighted by Gasteiger charge is 2.39. The van der Waals surface area contributed by atoms with E-state index in [2.05, 4.69) is 24.1 Å². The molecule has 16 heavy (non-hydrogen) atoms. The first-order valence-electron chi connectivity index (χ1n) is 7.11. The maximum Gasteiger partial charge on any atom is 0.0223 e. The van der Waals surface area contributed by atoms with Crippen LogP contribution in [0, 0.1) is 11.3 Å². The largest absolute Gasteiger partial charge is 0.311 e. The van der Waals surface area contributed by atoms with Crippen LogP contribution < -0.4 is 5.32 Å². The van der Waals surface area contributed by atoms with Crippen LogP contribution in [0.15, 0.2) is 0 Å². The molecule has 1 aliphatic heterocycles. The number of hydrogen-bond donors (Lipinski definition) is 1. The van der Waals surface area contributed by atoms with Crippen molar-refractivity contribution >= 4 is 0 Å². The smallest absolute Gasteiger partial charge is 0.0223 e. The summed E-state index contributed by atoms with van der Waals surface area (Å²) >= 11 is 0. The van der Waals surface area contributed by atoms with Crippen LogP contribution >= 0.6 is 0 Å². The van der Waals surface area contributed by atoms with E-state index in [0.29, 0.717) is 5.41 Å². The van der Waals surface area contributed by atoms with Gasteiger partial charge in [0.1, 0.15) is 0 Å². The van der Waals surface area contributed by atoms with E-state index in [0.717, 1.165) is 18.0 Å². The van der Waals surface area contributed by atoms with Crippen LogP contribution in [0.25, 0.3) is 0 Å². The van der Waals surface area contributed by atoms with Crippen molar-refractivity contribution < 1.29 is 0 Å². The van der Waals surface area contributed by atoms with Crippen LogP contribution in [0.2, 0.25) is 0 Å². The van der Waals surface area contributed by atoms with Gasteiger partial charge in [0.25, 0.3) is 0 Å². The van der Waals surface area contributed by atoms with Crippen LogP contribution in [-0.2, 0) is 0 Å². The SMILES string of the molecule is CC1(C)CCC(N2CCNC(C3CC3)C2)C1. The molecule has 1 saturated heterocycles. The van der Waals surface area contributed by atoms with Gasteiger partial charge in [-0.3, -0.25) is 4.90 Å². The van der Waals surface area contributed by atoms with Crippen LogP contribution in [0.5, 0.6) is 0 Å². The quantitative estimate of drug-likeness (QED) is 0.771. The van der Waals surface area contributed by atoms with Gasteiger partial charge < -0.3 is 5.32 Å². The minimum atomic E-state index is 0.602. The molecule has 0 radical (unpaired) electrons. The zero-order valence-corrected chi connectivity index (χ0v) is 10.8. The molecule has 2 heteroatoms. The molecule has 3 rings (SSSR count). The van der Waals surface area contributed by atoms with Crippen molar-refractivity contribution in [2.75, 3.05) is 19.6 Å². The van der Waals surface area contributed by atoms with Gasteiger partial charge in [-0.2, -0.15) is 0 Å². The summed E-state index contributed by atoms with van der Waals surface area (Å²) in [7, 11) is 0. The fourth-order valence-electron chi connectivity index (χ4n) is 3.66.